The number of amides is 1. The van der Waals surface area contributed by atoms with Gasteiger partial charge in [0.15, 0.2) is 0 Å². The first-order valence-electron chi connectivity index (χ1n) is 6.56. The fourth-order valence-electron chi connectivity index (χ4n) is 2.25. The summed E-state index contributed by atoms with van der Waals surface area (Å²) in [5.74, 6) is 0.908. The van der Waals surface area contributed by atoms with E-state index in [9.17, 15) is 4.79 Å². The zero-order chi connectivity index (χ0) is 14.3. The number of thiophene rings is 1. The summed E-state index contributed by atoms with van der Waals surface area (Å²) >= 11 is 3.58. The van der Waals surface area contributed by atoms with Crippen LogP contribution in [0.15, 0.2) is 15.7 Å². The minimum Gasteiger partial charge on any atom is -0.346 e. The molecule has 2 aromatic heterocycles. The summed E-state index contributed by atoms with van der Waals surface area (Å²) in [6, 6.07) is 2.09. The van der Waals surface area contributed by atoms with Crippen molar-refractivity contribution in [1.82, 2.24) is 15.5 Å². The Balaban J connectivity index is 2.00. The van der Waals surface area contributed by atoms with Crippen LogP contribution in [0.2, 0.25) is 0 Å². The van der Waals surface area contributed by atoms with Gasteiger partial charge in [0.05, 0.1) is 9.90 Å². The minimum absolute atomic E-state index is 0.0741. The molecule has 2 aromatic rings. The van der Waals surface area contributed by atoms with Gasteiger partial charge in [-0.05, 0) is 38.6 Å². The van der Waals surface area contributed by atoms with Gasteiger partial charge < -0.3 is 5.32 Å². The molecular formula is C14H17N3OS2. The molecule has 0 unspecified atom stereocenters. The Kier molecular flexibility index (Phi) is 3.38. The van der Waals surface area contributed by atoms with Crippen LogP contribution in [-0.4, -0.2) is 27.4 Å². The second-order valence-corrected chi connectivity index (χ2v) is 8.13. The van der Waals surface area contributed by atoms with E-state index in [0.29, 0.717) is 5.69 Å². The first-order valence-corrected chi connectivity index (χ1v) is 8.42. The molecular weight excluding hydrogens is 290 g/mol. The summed E-state index contributed by atoms with van der Waals surface area (Å²) in [7, 11) is 0. The predicted molar refractivity (Wildman–Crippen MR) is 83.5 cm³/mol. The molecule has 0 bridgehead atoms. The molecule has 6 heteroatoms. The Bertz CT molecular complexity index is 652. The molecule has 4 nitrogen and oxygen atoms in total. The van der Waals surface area contributed by atoms with E-state index in [4.69, 9.17) is 0 Å². The maximum atomic E-state index is 12.4. The van der Waals surface area contributed by atoms with Gasteiger partial charge in [-0.2, -0.15) is 5.10 Å². The van der Waals surface area contributed by atoms with Crippen molar-refractivity contribution in [3.63, 3.8) is 0 Å². The summed E-state index contributed by atoms with van der Waals surface area (Å²) in [5.41, 5.74) is 3.48. The van der Waals surface area contributed by atoms with Crippen LogP contribution in [0.4, 0.5) is 0 Å². The molecule has 0 fully saturated rings. The second kappa shape index (κ2) is 4.93. The van der Waals surface area contributed by atoms with E-state index in [1.807, 2.05) is 32.5 Å². The summed E-state index contributed by atoms with van der Waals surface area (Å²) in [6.07, 6.45) is 0.866. The number of aromatic nitrogens is 2. The van der Waals surface area contributed by atoms with Crippen molar-refractivity contribution in [3.8, 4) is 11.3 Å². The molecule has 106 valence electrons. The molecule has 1 aliphatic rings. The number of thioether (sulfide) groups is 1. The fourth-order valence-corrected chi connectivity index (χ4v) is 4.37. The maximum absolute atomic E-state index is 12.4. The van der Waals surface area contributed by atoms with Gasteiger partial charge >= 0.3 is 0 Å². The van der Waals surface area contributed by atoms with E-state index >= 15 is 0 Å². The molecule has 2 N–H and O–H groups in total. The van der Waals surface area contributed by atoms with Gasteiger partial charge in [-0.15, -0.1) is 23.1 Å². The molecule has 0 aromatic carbocycles. The zero-order valence-electron chi connectivity index (χ0n) is 11.7. The highest BCUT2D eigenvalue weighted by molar-refractivity contribution is 8.01. The third kappa shape index (κ3) is 2.50. The first-order chi connectivity index (χ1) is 9.46. The molecule has 3 heterocycles. The predicted octanol–water partition coefficient (Wildman–Crippen LogP) is 3.31. The van der Waals surface area contributed by atoms with Crippen LogP contribution in [-0.2, 0) is 6.42 Å². The average Bonchev–Trinajstić information content (AvgIpc) is 2.91. The standard InChI is InChI=1S/C14H17N3OS2/c1-14(2,3)15-12(18)11-8-4-6-19-13-9(5-7-20-13)10(8)16-17-11/h5,7H,4,6H2,1-3H3,(H,15,18)(H,16,17). The number of nitrogens with zero attached hydrogens (tertiary/aromatic N) is 1. The van der Waals surface area contributed by atoms with Crippen LogP contribution in [0.25, 0.3) is 11.3 Å². The maximum Gasteiger partial charge on any atom is 0.269 e. The highest BCUT2D eigenvalue weighted by Gasteiger charge is 2.26. The molecule has 20 heavy (non-hydrogen) atoms. The number of carbonyl (C=O) groups is 1. The lowest BCUT2D eigenvalue weighted by Gasteiger charge is -2.20. The van der Waals surface area contributed by atoms with Gasteiger partial charge in [-0.3, -0.25) is 9.89 Å². The number of hydrogen-bond donors (Lipinski definition) is 2. The highest BCUT2D eigenvalue weighted by Crippen LogP contribution is 2.40. The van der Waals surface area contributed by atoms with Crippen LogP contribution >= 0.6 is 23.1 Å². The lowest BCUT2D eigenvalue weighted by atomic mass is 10.0. The largest absolute Gasteiger partial charge is 0.346 e. The topological polar surface area (TPSA) is 57.8 Å². The number of nitrogens with one attached hydrogen (secondary N) is 2. The van der Waals surface area contributed by atoms with E-state index in [0.717, 1.165) is 29.0 Å². The molecule has 0 saturated heterocycles. The van der Waals surface area contributed by atoms with Crippen LogP contribution in [0.5, 0.6) is 0 Å². The third-order valence-electron chi connectivity index (χ3n) is 3.05. The first kappa shape index (κ1) is 13.7. The fraction of sp³-hybridized carbons (Fsp3) is 0.429. The summed E-state index contributed by atoms with van der Waals surface area (Å²) in [6.45, 7) is 5.94. The van der Waals surface area contributed by atoms with Crippen LogP contribution < -0.4 is 5.32 Å². The van der Waals surface area contributed by atoms with E-state index in [1.54, 1.807) is 11.3 Å². The number of rotatable bonds is 1. The summed E-state index contributed by atoms with van der Waals surface area (Å²) in [5, 5.41) is 12.4. The summed E-state index contributed by atoms with van der Waals surface area (Å²) in [4.78, 5) is 12.4. The van der Waals surface area contributed by atoms with E-state index < -0.39 is 0 Å². The van der Waals surface area contributed by atoms with E-state index in [2.05, 4.69) is 27.0 Å². The number of H-pyrrole nitrogens is 1. The molecule has 1 aliphatic heterocycles. The Morgan fingerprint density at radius 3 is 3.00 bits per heavy atom. The zero-order valence-corrected chi connectivity index (χ0v) is 13.4. The second-order valence-electron chi connectivity index (χ2n) is 5.85. The van der Waals surface area contributed by atoms with E-state index in [1.165, 1.54) is 4.21 Å². The normalized spacial score (nSPS) is 14.3. The van der Waals surface area contributed by atoms with Crippen LogP contribution in [0, 0.1) is 0 Å². The summed E-state index contributed by atoms with van der Waals surface area (Å²) < 4.78 is 1.29. The van der Waals surface area contributed by atoms with Crippen molar-refractivity contribution in [2.24, 2.45) is 0 Å². The van der Waals surface area contributed by atoms with Gasteiger partial charge in [-0.25, -0.2) is 0 Å². The smallest absolute Gasteiger partial charge is 0.269 e. The van der Waals surface area contributed by atoms with Crippen molar-refractivity contribution >= 4 is 29.0 Å². The van der Waals surface area contributed by atoms with Gasteiger partial charge in [0.2, 0.25) is 0 Å². The van der Waals surface area contributed by atoms with Crippen molar-refractivity contribution in [3.05, 3.63) is 22.7 Å². The molecule has 0 spiro atoms. The molecule has 1 amide bonds. The molecule has 0 atom stereocenters. The van der Waals surface area contributed by atoms with Crippen molar-refractivity contribution < 1.29 is 4.79 Å². The molecule has 0 radical (unpaired) electrons. The lowest BCUT2D eigenvalue weighted by Crippen LogP contribution is -2.41. The number of aromatic amines is 1. The quantitative estimate of drug-likeness (QED) is 0.850. The van der Waals surface area contributed by atoms with Gasteiger partial charge in [0.25, 0.3) is 5.91 Å². The van der Waals surface area contributed by atoms with Crippen LogP contribution in [0.3, 0.4) is 0 Å². The van der Waals surface area contributed by atoms with Crippen molar-refractivity contribution in [2.45, 2.75) is 36.9 Å². The number of carbonyl (C=O) groups excluding carboxylic acids is 1. The monoisotopic (exact) mass is 307 g/mol. The minimum atomic E-state index is -0.248. The number of fused-ring (bicyclic) bond motifs is 3. The Morgan fingerprint density at radius 2 is 2.25 bits per heavy atom. The van der Waals surface area contributed by atoms with Crippen molar-refractivity contribution in [2.75, 3.05) is 5.75 Å². The average molecular weight is 307 g/mol. The van der Waals surface area contributed by atoms with Gasteiger partial charge in [-0.1, -0.05) is 0 Å². The Morgan fingerprint density at radius 1 is 1.45 bits per heavy atom. The van der Waals surface area contributed by atoms with Crippen LogP contribution in [0.1, 0.15) is 36.8 Å². The van der Waals surface area contributed by atoms with E-state index in [-0.39, 0.29) is 11.4 Å². The third-order valence-corrected chi connectivity index (χ3v) is 5.29. The molecule has 0 aliphatic carbocycles. The SMILES string of the molecule is CC(C)(C)NC(=O)c1[nH]nc2c1CCSc1sccc1-2. The Labute approximate surface area is 126 Å². The highest BCUT2D eigenvalue weighted by atomic mass is 32.2. The molecule has 0 saturated carbocycles. The Hall–Kier alpha value is -1.27. The lowest BCUT2D eigenvalue weighted by molar-refractivity contribution is 0.0913. The number of hydrogen-bond acceptors (Lipinski definition) is 4. The van der Waals surface area contributed by atoms with Gasteiger partial charge in [0, 0.05) is 22.4 Å². The van der Waals surface area contributed by atoms with Gasteiger partial charge in [0.1, 0.15) is 5.69 Å². The molecule has 3 rings (SSSR count). The van der Waals surface area contributed by atoms with Crippen molar-refractivity contribution in [1.29, 1.82) is 0 Å².